The number of carbonyl (C=O) groups is 2. The van der Waals surface area contributed by atoms with Gasteiger partial charge in [0.05, 0.1) is 21.9 Å². The zero-order valence-corrected chi connectivity index (χ0v) is 22.1. The van der Waals surface area contributed by atoms with Crippen molar-refractivity contribution in [1.82, 2.24) is 14.8 Å². The van der Waals surface area contributed by atoms with Gasteiger partial charge in [0.2, 0.25) is 0 Å². The van der Waals surface area contributed by atoms with E-state index in [9.17, 15) is 14.0 Å². The predicted octanol–water partition coefficient (Wildman–Crippen LogP) is 6.11. The number of halogens is 1. The standard InChI is InChI=1S/C30H24FN5O2S/c1-18-7-5-9-21(31)27(18)33-29(37)26-17-19-13-16-36(25-12-4-3-8-20(25)28(19)39-26)30(38)24-11-6-10-22(32-24)23-14-15-35(2)34-23/h3-12,14-15,17H,13,16H2,1-2H3,(H,33,37). The van der Waals surface area contributed by atoms with Crippen molar-refractivity contribution in [1.29, 1.82) is 0 Å². The van der Waals surface area contributed by atoms with Crippen LogP contribution in [0.4, 0.5) is 15.8 Å². The molecule has 2 aromatic carbocycles. The van der Waals surface area contributed by atoms with Gasteiger partial charge in [-0.1, -0.05) is 36.4 Å². The summed E-state index contributed by atoms with van der Waals surface area (Å²) in [5, 5.41) is 7.13. The number of thiophene rings is 1. The lowest BCUT2D eigenvalue weighted by Gasteiger charge is -2.22. The van der Waals surface area contributed by atoms with Gasteiger partial charge in [-0.25, -0.2) is 9.37 Å². The molecule has 0 aliphatic carbocycles. The summed E-state index contributed by atoms with van der Waals surface area (Å²) in [6.45, 7) is 2.17. The van der Waals surface area contributed by atoms with E-state index in [1.165, 1.54) is 17.4 Å². The van der Waals surface area contributed by atoms with E-state index in [1.807, 2.05) is 61.8 Å². The molecule has 6 rings (SSSR count). The van der Waals surface area contributed by atoms with Gasteiger partial charge in [0, 0.05) is 30.2 Å². The molecule has 3 aromatic heterocycles. The highest BCUT2D eigenvalue weighted by atomic mass is 32.1. The molecule has 0 bridgehead atoms. The summed E-state index contributed by atoms with van der Waals surface area (Å²) in [5.41, 5.74) is 5.08. The maximum absolute atomic E-state index is 14.3. The molecular formula is C30H24FN5O2S. The number of para-hydroxylation sites is 2. The highest BCUT2D eigenvalue weighted by molar-refractivity contribution is 7.17. The zero-order chi connectivity index (χ0) is 27.1. The van der Waals surface area contributed by atoms with Gasteiger partial charge < -0.3 is 10.2 Å². The highest BCUT2D eigenvalue weighted by Crippen LogP contribution is 2.42. The third-order valence-corrected chi connectivity index (χ3v) is 7.94. The van der Waals surface area contributed by atoms with Gasteiger partial charge >= 0.3 is 0 Å². The van der Waals surface area contributed by atoms with Crippen molar-refractivity contribution >= 4 is 34.5 Å². The van der Waals surface area contributed by atoms with Crippen LogP contribution in [0.15, 0.2) is 79.0 Å². The van der Waals surface area contributed by atoms with Crippen LogP contribution in [0.25, 0.3) is 21.8 Å². The van der Waals surface area contributed by atoms with Crippen molar-refractivity contribution in [3.05, 3.63) is 107 Å². The largest absolute Gasteiger partial charge is 0.319 e. The van der Waals surface area contributed by atoms with E-state index in [0.717, 1.165) is 21.7 Å². The molecule has 0 spiro atoms. The normalized spacial score (nSPS) is 12.4. The molecule has 2 amide bonds. The van der Waals surface area contributed by atoms with Gasteiger partial charge in [-0.3, -0.25) is 14.3 Å². The second-order valence-corrected chi connectivity index (χ2v) is 10.4. The number of rotatable bonds is 4. The molecule has 0 radical (unpaired) electrons. The van der Waals surface area contributed by atoms with Crippen molar-refractivity contribution in [2.24, 2.45) is 7.05 Å². The first kappa shape index (κ1) is 24.7. The number of carbonyl (C=O) groups excluding carboxylic acids is 2. The fraction of sp³-hybridized carbons (Fsp3) is 0.133. The van der Waals surface area contributed by atoms with Crippen molar-refractivity contribution in [3.8, 4) is 21.8 Å². The second-order valence-electron chi connectivity index (χ2n) is 9.36. The fourth-order valence-corrected chi connectivity index (χ4v) is 5.91. The molecule has 1 N–H and O–H groups in total. The van der Waals surface area contributed by atoms with Crippen LogP contribution < -0.4 is 10.2 Å². The summed E-state index contributed by atoms with van der Waals surface area (Å²) < 4.78 is 16.0. The SMILES string of the molecule is Cc1cccc(F)c1NC(=O)c1cc2c(s1)-c1ccccc1N(C(=O)c1cccc(-c3ccn(C)n3)n1)CC2. The third-order valence-electron chi connectivity index (χ3n) is 6.73. The summed E-state index contributed by atoms with van der Waals surface area (Å²) in [6.07, 6.45) is 2.39. The Morgan fingerprint density at radius 1 is 1.00 bits per heavy atom. The lowest BCUT2D eigenvalue weighted by Crippen LogP contribution is -2.33. The Morgan fingerprint density at radius 2 is 1.82 bits per heavy atom. The number of aryl methyl sites for hydroxylation is 2. The molecule has 194 valence electrons. The molecule has 0 fully saturated rings. The molecule has 0 saturated carbocycles. The van der Waals surface area contributed by atoms with Crippen LogP contribution in [0.5, 0.6) is 0 Å². The van der Waals surface area contributed by atoms with Gasteiger partial charge in [-0.05, 0) is 60.9 Å². The van der Waals surface area contributed by atoms with E-state index < -0.39 is 5.82 Å². The Hall–Kier alpha value is -4.63. The topological polar surface area (TPSA) is 80.1 Å². The highest BCUT2D eigenvalue weighted by Gasteiger charge is 2.28. The van der Waals surface area contributed by atoms with E-state index in [4.69, 9.17) is 0 Å². The molecule has 1 aliphatic heterocycles. The molecule has 4 heterocycles. The minimum atomic E-state index is -0.471. The number of nitrogens with zero attached hydrogens (tertiary/aromatic N) is 4. The van der Waals surface area contributed by atoms with E-state index in [2.05, 4.69) is 15.4 Å². The monoisotopic (exact) mass is 537 g/mol. The maximum Gasteiger partial charge on any atom is 0.276 e. The van der Waals surface area contributed by atoms with Crippen molar-refractivity contribution in [2.45, 2.75) is 13.3 Å². The van der Waals surface area contributed by atoms with E-state index >= 15 is 0 Å². The number of aromatic nitrogens is 3. The molecule has 0 saturated heterocycles. The van der Waals surface area contributed by atoms with Gasteiger partial charge in [0.1, 0.15) is 17.2 Å². The quantitative estimate of drug-likeness (QED) is 0.300. The number of hydrogen-bond acceptors (Lipinski definition) is 5. The Morgan fingerprint density at radius 3 is 2.62 bits per heavy atom. The van der Waals surface area contributed by atoms with Crippen LogP contribution >= 0.6 is 11.3 Å². The average molecular weight is 538 g/mol. The maximum atomic E-state index is 14.3. The molecule has 39 heavy (non-hydrogen) atoms. The van der Waals surface area contributed by atoms with Crippen LogP contribution in [0, 0.1) is 12.7 Å². The van der Waals surface area contributed by atoms with Crippen LogP contribution in [-0.2, 0) is 13.5 Å². The first-order valence-electron chi connectivity index (χ1n) is 12.5. The predicted molar refractivity (Wildman–Crippen MR) is 151 cm³/mol. The van der Waals surface area contributed by atoms with Crippen LogP contribution in [0.3, 0.4) is 0 Å². The first-order valence-corrected chi connectivity index (χ1v) is 13.3. The van der Waals surface area contributed by atoms with E-state index in [0.29, 0.717) is 40.5 Å². The fourth-order valence-electron chi connectivity index (χ4n) is 4.77. The van der Waals surface area contributed by atoms with Gasteiger partial charge in [0.25, 0.3) is 11.8 Å². The van der Waals surface area contributed by atoms with Crippen LogP contribution in [-0.4, -0.2) is 33.1 Å². The Bertz CT molecular complexity index is 1720. The van der Waals surface area contributed by atoms with Crippen molar-refractivity contribution in [2.75, 3.05) is 16.8 Å². The minimum absolute atomic E-state index is 0.184. The van der Waals surface area contributed by atoms with Crippen molar-refractivity contribution < 1.29 is 14.0 Å². The molecule has 0 unspecified atom stereocenters. The summed E-state index contributed by atoms with van der Waals surface area (Å²) in [6, 6.07) is 21.4. The molecule has 7 nitrogen and oxygen atoms in total. The summed E-state index contributed by atoms with van der Waals surface area (Å²) >= 11 is 1.34. The summed E-state index contributed by atoms with van der Waals surface area (Å²) in [5.74, 6) is -1.03. The summed E-state index contributed by atoms with van der Waals surface area (Å²) in [4.78, 5) is 34.6. The van der Waals surface area contributed by atoms with E-state index in [1.54, 1.807) is 34.7 Å². The number of nitrogens with one attached hydrogen (secondary N) is 1. The lowest BCUT2D eigenvalue weighted by atomic mass is 10.1. The number of anilines is 2. The molecule has 5 aromatic rings. The molecule has 1 aliphatic rings. The first-order chi connectivity index (χ1) is 18.9. The Labute approximate surface area is 228 Å². The number of benzene rings is 2. The molecular weight excluding hydrogens is 513 g/mol. The number of hydrogen-bond donors (Lipinski definition) is 1. The average Bonchev–Trinajstić information content (AvgIpc) is 3.54. The third kappa shape index (κ3) is 4.61. The van der Waals surface area contributed by atoms with Gasteiger partial charge in [-0.15, -0.1) is 11.3 Å². The Kier molecular flexibility index (Phi) is 6.28. The molecule has 0 atom stereocenters. The van der Waals surface area contributed by atoms with Crippen LogP contribution in [0.2, 0.25) is 0 Å². The smallest absolute Gasteiger partial charge is 0.276 e. The van der Waals surface area contributed by atoms with Gasteiger partial charge in [0.15, 0.2) is 0 Å². The lowest BCUT2D eigenvalue weighted by molar-refractivity contribution is 0.0981. The minimum Gasteiger partial charge on any atom is -0.319 e. The van der Waals surface area contributed by atoms with Gasteiger partial charge in [-0.2, -0.15) is 5.10 Å². The van der Waals surface area contributed by atoms with Crippen LogP contribution in [0.1, 0.15) is 31.3 Å². The number of amides is 2. The number of fused-ring (bicyclic) bond motifs is 3. The zero-order valence-electron chi connectivity index (χ0n) is 21.3. The molecule has 9 heteroatoms. The summed E-state index contributed by atoms with van der Waals surface area (Å²) in [7, 11) is 1.83. The number of pyridine rings is 1. The second kappa shape index (κ2) is 9.92. The van der Waals surface area contributed by atoms with E-state index in [-0.39, 0.29) is 17.5 Å². The Balaban J connectivity index is 1.32. The van der Waals surface area contributed by atoms with Crippen molar-refractivity contribution in [3.63, 3.8) is 0 Å².